The quantitative estimate of drug-likeness (QED) is 0.779. The molecule has 7 heteroatoms. The maximum absolute atomic E-state index is 5.46. The van der Waals surface area contributed by atoms with E-state index in [4.69, 9.17) is 12.2 Å². The normalized spacial score (nSPS) is 15.7. The van der Waals surface area contributed by atoms with E-state index in [1.54, 1.807) is 23.1 Å². The van der Waals surface area contributed by atoms with Gasteiger partial charge in [-0.3, -0.25) is 0 Å². The highest BCUT2D eigenvalue weighted by molar-refractivity contribution is 7.71. The number of hydrogen-bond donors (Lipinski definition) is 0. The first-order chi connectivity index (χ1) is 9.27. The fraction of sp³-hybridized carbons (Fsp3) is 0.500. The van der Waals surface area contributed by atoms with E-state index in [1.807, 2.05) is 11.7 Å². The highest BCUT2D eigenvalue weighted by Crippen LogP contribution is 2.16. The molecule has 3 rings (SSSR count). The Kier molecular flexibility index (Phi) is 3.29. The number of rotatable bonds is 2. The minimum atomic E-state index is 0.611. The maximum atomic E-state index is 5.46. The van der Waals surface area contributed by atoms with Crippen LogP contribution in [0.1, 0.15) is 19.3 Å². The van der Waals surface area contributed by atoms with Gasteiger partial charge in [-0.05, 0) is 37.5 Å². The van der Waals surface area contributed by atoms with Gasteiger partial charge < -0.3 is 5.01 Å². The summed E-state index contributed by atoms with van der Waals surface area (Å²) >= 11 is 5.46. The Labute approximate surface area is 116 Å². The molecule has 1 aliphatic rings. The lowest BCUT2D eigenvalue weighted by Gasteiger charge is -2.29. The average Bonchev–Trinajstić information content (AvgIpc) is 2.77. The topological polar surface area (TPSA) is 51.8 Å². The number of nitrogens with zero attached hydrogens (tertiary/aromatic N) is 6. The van der Waals surface area contributed by atoms with Crippen LogP contribution < -0.4 is 5.01 Å². The van der Waals surface area contributed by atoms with Crippen LogP contribution >= 0.6 is 12.2 Å². The second-order valence-electron chi connectivity index (χ2n) is 4.63. The molecule has 19 heavy (non-hydrogen) atoms. The van der Waals surface area contributed by atoms with Crippen molar-refractivity contribution in [2.45, 2.75) is 19.3 Å². The number of hydrogen-bond acceptors (Lipinski definition) is 5. The second-order valence-corrected chi connectivity index (χ2v) is 4.99. The van der Waals surface area contributed by atoms with Crippen molar-refractivity contribution in [1.82, 2.24) is 24.4 Å². The third kappa shape index (κ3) is 2.25. The zero-order chi connectivity index (χ0) is 13.2. The van der Waals surface area contributed by atoms with Crippen molar-refractivity contribution in [3.05, 3.63) is 23.2 Å². The molecule has 0 N–H and O–H groups in total. The molecule has 2 aromatic heterocycles. The predicted molar refractivity (Wildman–Crippen MR) is 74.9 cm³/mol. The second kappa shape index (κ2) is 5.08. The van der Waals surface area contributed by atoms with Gasteiger partial charge in [0.1, 0.15) is 0 Å². The van der Waals surface area contributed by atoms with Crippen molar-refractivity contribution >= 4 is 12.2 Å². The van der Waals surface area contributed by atoms with Crippen LogP contribution in [0.4, 0.5) is 0 Å². The first-order valence-electron chi connectivity index (χ1n) is 6.46. The van der Waals surface area contributed by atoms with E-state index in [2.05, 4.69) is 20.1 Å². The summed E-state index contributed by atoms with van der Waals surface area (Å²) in [5.74, 6) is 1.33. The summed E-state index contributed by atoms with van der Waals surface area (Å²) < 4.78 is 4.36. The van der Waals surface area contributed by atoms with Crippen molar-refractivity contribution < 1.29 is 0 Å². The Bertz CT molecular complexity index is 611. The van der Waals surface area contributed by atoms with E-state index in [9.17, 15) is 0 Å². The van der Waals surface area contributed by atoms with Gasteiger partial charge in [0.05, 0.1) is 0 Å². The zero-order valence-corrected chi connectivity index (χ0v) is 11.7. The van der Waals surface area contributed by atoms with Crippen LogP contribution in [0.2, 0.25) is 0 Å². The molecule has 2 aromatic rings. The lowest BCUT2D eigenvalue weighted by molar-refractivity contribution is 0.474. The van der Waals surface area contributed by atoms with E-state index < -0.39 is 0 Å². The number of aryl methyl sites for hydroxylation is 1. The van der Waals surface area contributed by atoms with Gasteiger partial charge in [0, 0.05) is 32.5 Å². The van der Waals surface area contributed by atoms with Crippen molar-refractivity contribution in [3.63, 3.8) is 0 Å². The Morgan fingerprint density at radius 1 is 1.11 bits per heavy atom. The summed E-state index contributed by atoms with van der Waals surface area (Å²) in [6.45, 7) is 2.00. The zero-order valence-electron chi connectivity index (χ0n) is 10.9. The summed E-state index contributed by atoms with van der Waals surface area (Å²) in [5, 5.41) is 6.71. The fourth-order valence-corrected chi connectivity index (χ4v) is 2.58. The van der Waals surface area contributed by atoms with Gasteiger partial charge in [-0.1, -0.05) is 0 Å². The largest absolute Gasteiger partial charge is 0.309 e. The minimum Gasteiger partial charge on any atom is -0.309 e. The van der Waals surface area contributed by atoms with E-state index in [0.717, 1.165) is 18.9 Å². The molecule has 0 unspecified atom stereocenters. The van der Waals surface area contributed by atoms with Crippen LogP contribution in [-0.4, -0.2) is 37.5 Å². The van der Waals surface area contributed by atoms with E-state index in [1.165, 1.54) is 19.3 Å². The van der Waals surface area contributed by atoms with E-state index >= 15 is 0 Å². The molecule has 0 aromatic carbocycles. The fourth-order valence-electron chi connectivity index (χ4n) is 2.34. The SMILES string of the molecule is Cn1nc(-c2ncccn2)n(N2CCCCC2)c1=S. The average molecular weight is 276 g/mol. The van der Waals surface area contributed by atoms with Gasteiger partial charge in [-0.15, -0.1) is 5.10 Å². The Balaban J connectivity index is 2.10. The van der Waals surface area contributed by atoms with Crippen LogP contribution in [0.15, 0.2) is 18.5 Å². The molecule has 0 radical (unpaired) electrons. The summed E-state index contributed by atoms with van der Waals surface area (Å²) in [7, 11) is 1.86. The van der Waals surface area contributed by atoms with Gasteiger partial charge in [-0.25, -0.2) is 19.3 Å². The molecule has 1 aliphatic heterocycles. The molecule has 0 saturated carbocycles. The third-order valence-electron chi connectivity index (χ3n) is 3.28. The lowest BCUT2D eigenvalue weighted by atomic mass is 10.2. The molecule has 0 bridgehead atoms. The molecular formula is C12H16N6S. The van der Waals surface area contributed by atoms with Crippen molar-refractivity contribution in [1.29, 1.82) is 0 Å². The lowest BCUT2D eigenvalue weighted by Crippen LogP contribution is -2.39. The van der Waals surface area contributed by atoms with Gasteiger partial charge in [0.15, 0.2) is 5.82 Å². The molecule has 1 fully saturated rings. The predicted octanol–water partition coefficient (Wildman–Crippen LogP) is 1.53. The summed E-state index contributed by atoms with van der Waals surface area (Å²) in [5.41, 5.74) is 0. The van der Waals surface area contributed by atoms with Crippen molar-refractivity contribution in [2.24, 2.45) is 7.05 Å². The number of piperidine rings is 1. The van der Waals surface area contributed by atoms with Gasteiger partial charge in [-0.2, -0.15) is 0 Å². The highest BCUT2D eigenvalue weighted by Gasteiger charge is 2.20. The smallest absolute Gasteiger partial charge is 0.219 e. The molecular weight excluding hydrogens is 260 g/mol. The van der Waals surface area contributed by atoms with Crippen molar-refractivity contribution in [2.75, 3.05) is 18.1 Å². The van der Waals surface area contributed by atoms with Crippen LogP contribution in [0.3, 0.4) is 0 Å². The Morgan fingerprint density at radius 2 is 1.79 bits per heavy atom. The standard InChI is InChI=1S/C12H16N6S/c1-16-12(19)18(17-8-3-2-4-9-17)11(15-16)10-13-6-5-7-14-10/h5-7H,2-4,8-9H2,1H3. The van der Waals surface area contributed by atoms with Gasteiger partial charge in [0.2, 0.25) is 10.6 Å². The minimum absolute atomic E-state index is 0.611. The van der Waals surface area contributed by atoms with Crippen LogP contribution in [0, 0.1) is 4.77 Å². The monoisotopic (exact) mass is 276 g/mol. The summed E-state index contributed by atoms with van der Waals surface area (Å²) in [4.78, 5) is 8.56. The molecule has 1 saturated heterocycles. The number of aromatic nitrogens is 5. The van der Waals surface area contributed by atoms with Gasteiger partial charge in [0.25, 0.3) is 0 Å². The van der Waals surface area contributed by atoms with Crippen LogP contribution in [0.5, 0.6) is 0 Å². The Morgan fingerprint density at radius 3 is 2.47 bits per heavy atom. The molecule has 0 aliphatic carbocycles. The molecule has 100 valence electrons. The van der Waals surface area contributed by atoms with E-state index in [0.29, 0.717) is 10.6 Å². The molecule has 3 heterocycles. The summed E-state index contributed by atoms with van der Waals surface area (Å²) in [6, 6.07) is 1.80. The first kappa shape index (κ1) is 12.3. The molecule has 0 amide bonds. The van der Waals surface area contributed by atoms with Crippen molar-refractivity contribution in [3.8, 4) is 11.6 Å². The maximum Gasteiger partial charge on any atom is 0.219 e. The third-order valence-corrected chi connectivity index (χ3v) is 3.72. The molecule has 6 nitrogen and oxygen atoms in total. The Hall–Kier alpha value is -1.76. The van der Waals surface area contributed by atoms with E-state index in [-0.39, 0.29) is 0 Å². The molecule has 0 atom stereocenters. The van der Waals surface area contributed by atoms with Gasteiger partial charge >= 0.3 is 0 Å². The highest BCUT2D eigenvalue weighted by atomic mass is 32.1. The first-order valence-corrected chi connectivity index (χ1v) is 6.87. The van der Waals surface area contributed by atoms with Crippen LogP contribution in [-0.2, 0) is 7.05 Å². The van der Waals surface area contributed by atoms with Crippen LogP contribution in [0.25, 0.3) is 11.6 Å². The summed E-state index contributed by atoms with van der Waals surface area (Å²) in [6.07, 6.45) is 7.10. The molecule has 0 spiro atoms.